The van der Waals surface area contributed by atoms with Crippen LogP contribution in [0.1, 0.15) is 11.1 Å². The van der Waals surface area contributed by atoms with Crippen LogP contribution in [-0.4, -0.2) is 33.1 Å². The second-order valence-corrected chi connectivity index (χ2v) is 8.50. The number of hydrogen-bond donors (Lipinski definition) is 0. The van der Waals surface area contributed by atoms with Gasteiger partial charge in [0.1, 0.15) is 5.82 Å². The number of ether oxygens (including phenoxy) is 2. The zero-order valence-corrected chi connectivity index (χ0v) is 19.5. The second kappa shape index (κ2) is 10.1. The molecule has 2 aromatic carbocycles. The van der Waals surface area contributed by atoms with Crippen LogP contribution in [0, 0.1) is 15.9 Å². The fraction of sp³-hybridized carbons (Fsp3) is 0.0870. The van der Waals surface area contributed by atoms with Gasteiger partial charge in [-0.05, 0) is 59.3 Å². The second-order valence-electron chi connectivity index (χ2n) is 7.10. The highest BCUT2D eigenvalue weighted by molar-refractivity contribution is 8.18. The number of nitro groups is 1. The number of halogens is 2. The van der Waals surface area contributed by atoms with Gasteiger partial charge in [-0.15, -0.1) is 0 Å². The van der Waals surface area contributed by atoms with Crippen molar-refractivity contribution in [2.45, 2.75) is 6.54 Å². The third-order valence-electron chi connectivity index (χ3n) is 4.86. The van der Waals surface area contributed by atoms with Crippen molar-refractivity contribution in [1.82, 2.24) is 9.88 Å². The Labute approximate surface area is 207 Å². The first-order valence-corrected chi connectivity index (χ1v) is 11.1. The zero-order chi connectivity index (χ0) is 25.1. The standard InChI is InChI=1S/C23H15ClFN3O6S/c1-33-19-9-13(4-7-18(19)34-21-17(28(31)32)3-2-8-26-21)10-20-22(29)27(23(30)35-20)12-14-5-6-15(25)11-16(14)24/h2-11H,12H2,1H3/b20-10-. The van der Waals surface area contributed by atoms with Crippen LogP contribution in [0.3, 0.4) is 0 Å². The quantitative estimate of drug-likeness (QED) is 0.220. The molecule has 35 heavy (non-hydrogen) atoms. The lowest BCUT2D eigenvalue weighted by molar-refractivity contribution is -0.386. The summed E-state index contributed by atoms with van der Waals surface area (Å²) in [6, 6.07) is 11.1. The number of aromatic nitrogens is 1. The van der Waals surface area contributed by atoms with E-state index in [4.69, 9.17) is 21.1 Å². The summed E-state index contributed by atoms with van der Waals surface area (Å²) >= 11 is 6.78. The molecule has 0 radical (unpaired) electrons. The van der Waals surface area contributed by atoms with Gasteiger partial charge in [-0.3, -0.25) is 24.6 Å². The van der Waals surface area contributed by atoms with Crippen LogP contribution in [0.25, 0.3) is 6.08 Å². The first kappa shape index (κ1) is 24.2. The van der Waals surface area contributed by atoms with Crippen molar-refractivity contribution in [3.05, 3.63) is 91.7 Å². The van der Waals surface area contributed by atoms with Crippen LogP contribution in [0.5, 0.6) is 17.4 Å². The number of amides is 2. The molecule has 1 saturated heterocycles. The maximum atomic E-state index is 13.3. The van der Waals surface area contributed by atoms with Gasteiger partial charge in [0, 0.05) is 17.3 Å². The van der Waals surface area contributed by atoms with Crippen molar-refractivity contribution in [3.8, 4) is 17.4 Å². The predicted molar refractivity (Wildman–Crippen MR) is 127 cm³/mol. The largest absolute Gasteiger partial charge is 0.493 e. The Kier molecular flexibility index (Phi) is 6.99. The summed E-state index contributed by atoms with van der Waals surface area (Å²) in [7, 11) is 1.39. The Bertz CT molecular complexity index is 1380. The average Bonchev–Trinajstić information content (AvgIpc) is 3.09. The molecule has 1 aliphatic heterocycles. The van der Waals surface area contributed by atoms with Gasteiger partial charge < -0.3 is 9.47 Å². The van der Waals surface area contributed by atoms with Crippen molar-refractivity contribution in [3.63, 3.8) is 0 Å². The molecule has 0 bridgehead atoms. The molecule has 12 heteroatoms. The SMILES string of the molecule is COc1cc(/C=C2\SC(=O)N(Cc3ccc(F)cc3Cl)C2=O)ccc1Oc1ncccc1[N+](=O)[O-]. The first-order valence-electron chi connectivity index (χ1n) is 9.91. The van der Waals surface area contributed by atoms with Crippen molar-refractivity contribution < 1.29 is 28.4 Å². The van der Waals surface area contributed by atoms with E-state index in [0.29, 0.717) is 11.1 Å². The molecule has 1 fully saturated rings. The van der Waals surface area contributed by atoms with Gasteiger partial charge >= 0.3 is 5.69 Å². The Morgan fingerprint density at radius 1 is 1.20 bits per heavy atom. The van der Waals surface area contributed by atoms with Crippen molar-refractivity contribution >= 4 is 46.3 Å². The lowest BCUT2D eigenvalue weighted by Crippen LogP contribution is -2.27. The summed E-state index contributed by atoms with van der Waals surface area (Å²) in [5, 5.41) is 10.8. The summed E-state index contributed by atoms with van der Waals surface area (Å²) in [6.07, 6.45) is 2.87. The van der Waals surface area contributed by atoms with Gasteiger partial charge in [-0.1, -0.05) is 23.7 Å². The molecule has 3 aromatic rings. The average molecular weight is 516 g/mol. The molecule has 2 amide bonds. The Balaban J connectivity index is 1.56. The zero-order valence-electron chi connectivity index (χ0n) is 17.9. The Morgan fingerprint density at radius 2 is 2.00 bits per heavy atom. The monoisotopic (exact) mass is 515 g/mol. The number of methoxy groups -OCH3 is 1. The van der Waals surface area contributed by atoms with Gasteiger partial charge in [-0.25, -0.2) is 9.37 Å². The number of carbonyl (C=O) groups excluding carboxylic acids is 2. The van der Waals surface area contributed by atoms with Gasteiger partial charge in [0.15, 0.2) is 11.5 Å². The van der Waals surface area contributed by atoms with Crippen molar-refractivity contribution in [2.24, 2.45) is 0 Å². The van der Waals surface area contributed by atoms with E-state index in [-0.39, 0.29) is 39.5 Å². The van der Waals surface area contributed by atoms with E-state index in [9.17, 15) is 24.1 Å². The smallest absolute Gasteiger partial charge is 0.331 e. The number of nitrogens with zero attached hydrogens (tertiary/aromatic N) is 3. The lowest BCUT2D eigenvalue weighted by atomic mass is 10.1. The third kappa shape index (κ3) is 5.26. The maximum Gasteiger partial charge on any atom is 0.331 e. The van der Waals surface area contributed by atoms with Gasteiger partial charge in [0.25, 0.3) is 17.0 Å². The molecule has 0 aliphatic carbocycles. The van der Waals surface area contributed by atoms with Gasteiger partial charge in [0.05, 0.1) is 23.5 Å². The minimum atomic E-state index is -0.613. The van der Waals surface area contributed by atoms with E-state index in [0.717, 1.165) is 22.7 Å². The van der Waals surface area contributed by atoms with Gasteiger partial charge in [-0.2, -0.15) is 0 Å². The number of imide groups is 1. The Hall–Kier alpha value is -3.96. The predicted octanol–water partition coefficient (Wildman–Crippen LogP) is 5.82. The maximum absolute atomic E-state index is 13.3. The Morgan fingerprint density at radius 3 is 2.71 bits per heavy atom. The molecule has 2 heterocycles. The third-order valence-corrected chi connectivity index (χ3v) is 6.12. The fourth-order valence-electron chi connectivity index (χ4n) is 3.17. The normalized spacial score (nSPS) is 14.5. The molecule has 0 saturated carbocycles. The van der Waals surface area contributed by atoms with E-state index in [1.54, 1.807) is 12.1 Å². The molecular formula is C23H15ClFN3O6S. The summed E-state index contributed by atoms with van der Waals surface area (Å²) in [4.78, 5) is 41.0. The van der Waals surface area contributed by atoms with Crippen LogP contribution in [0.2, 0.25) is 5.02 Å². The molecule has 0 spiro atoms. The van der Waals surface area contributed by atoms with E-state index in [1.807, 2.05) is 0 Å². The number of thioether (sulfide) groups is 1. The highest BCUT2D eigenvalue weighted by Crippen LogP contribution is 2.38. The van der Waals surface area contributed by atoms with Gasteiger partial charge in [0.2, 0.25) is 0 Å². The summed E-state index contributed by atoms with van der Waals surface area (Å²) in [5.74, 6) is -0.846. The molecule has 1 aliphatic rings. The molecule has 1 aromatic heterocycles. The van der Waals surface area contributed by atoms with E-state index in [2.05, 4.69) is 4.98 Å². The number of rotatable bonds is 7. The number of hydrogen-bond acceptors (Lipinski definition) is 8. The van der Waals surface area contributed by atoms with Crippen LogP contribution in [0.4, 0.5) is 14.9 Å². The van der Waals surface area contributed by atoms with Crippen molar-refractivity contribution in [2.75, 3.05) is 7.11 Å². The van der Waals surface area contributed by atoms with E-state index < -0.39 is 21.9 Å². The molecule has 0 N–H and O–H groups in total. The highest BCUT2D eigenvalue weighted by atomic mass is 35.5. The molecule has 0 atom stereocenters. The summed E-state index contributed by atoms with van der Waals surface area (Å²) in [6.45, 7) is -0.0971. The molecular weight excluding hydrogens is 501 g/mol. The summed E-state index contributed by atoms with van der Waals surface area (Å²) < 4.78 is 24.2. The number of benzene rings is 2. The fourth-order valence-corrected chi connectivity index (χ4v) is 4.24. The molecule has 178 valence electrons. The van der Waals surface area contributed by atoms with Crippen LogP contribution >= 0.6 is 23.4 Å². The van der Waals surface area contributed by atoms with Crippen LogP contribution in [0.15, 0.2) is 59.6 Å². The first-order chi connectivity index (χ1) is 16.8. The highest BCUT2D eigenvalue weighted by Gasteiger charge is 2.35. The van der Waals surface area contributed by atoms with E-state index in [1.165, 1.54) is 49.7 Å². The molecule has 0 unspecified atom stereocenters. The van der Waals surface area contributed by atoms with Crippen molar-refractivity contribution in [1.29, 1.82) is 0 Å². The lowest BCUT2D eigenvalue weighted by Gasteiger charge is -2.13. The number of pyridine rings is 1. The molecule has 4 rings (SSSR count). The summed E-state index contributed by atoms with van der Waals surface area (Å²) in [5.41, 5.74) is 0.645. The minimum absolute atomic E-state index is 0.0971. The minimum Gasteiger partial charge on any atom is -0.493 e. The van der Waals surface area contributed by atoms with Crippen LogP contribution < -0.4 is 9.47 Å². The number of carbonyl (C=O) groups is 2. The van der Waals surface area contributed by atoms with E-state index >= 15 is 0 Å². The molecule has 9 nitrogen and oxygen atoms in total. The van der Waals surface area contributed by atoms with Crippen LogP contribution in [-0.2, 0) is 11.3 Å². The topological polar surface area (TPSA) is 112 Å².